The Morgan fingerprint density at radius 1 is 1.33 bits per heavy atom. The van der Waals surface area contributed by atoms with E-state index in [4.69, 9.17) is 22.3 Å². The fourth-order valence-corrected chi connectivity index (χ4v) is 2.69. The molecule has 0 aliphatic heterocycles. The molecule has 4 heteroatoms. The molecule has 0 radical (unpaired) electrons. The first kappa shape index (κ1) is 11.8. The van der Waals surface area contributed by atoms with E-state index in [1.165, 1.54) is 16.8 Å². The maximum absolute atomic E-state index is 6.01. The molecule has 0 atom stereocenters. The van der Waals surface area contributed by atoms with Crippen molar-refractivity contribution < 1.29 is 0 Å². The first-order valence-corrected chi connectivity index (χ1v) is 6.72. The van der Waals surface area contributed by atoms with Crippen LogP contribution in [0.15, 0.2) is 18.2 Å². The van der Waals surface area contributed by atoms with Crippen LogP contribution in [0.3, 0.4) is 0 Å². The van der Waals surface area contributed by atoms with E-state index in [-0.39, 0.29) is 0 Å². The maximum atomic E-state index is 6.01. The van der Waals surface area contributed by atoms with Crippen molar-refractivity contribution in [3.05, 3.63) is 40.3 Å². The molecule has 1 aromatic carbocycles. The van der Waals surface area contributed by atoms with Crippen LogP contribution in [-0.2, 0) is 12.8 Å². The summed E-state index contributed by atoms with van der Waals surface area (Å²) >= 11 is 6.01. The van der Waals surface area contributed by atoms with Crippen molar-refractivity contribution in [1.29, 1.82) is 0 Å². The van der Waals surface area contributed by atoms with Gasteiger partial charge >= 0.3 is 0 Å². The average Bonchev–Trinajstić information content (AvgIpc) is 2.85. The van der Waals surface area contributed by atoms with Crippen molar-refractivity contribution in [2.24, 2.45) is 5.73 Å². The summed E-state index contributed by atoms with van der Waals surface area (Å²) in [7, 11) is 0. The second-order valence-corrected chi connectivity index (χ2v) is 5.17. The van der Waals surface area contributed by atoms with Crippen molar-refractivity contribution in [1.82, 2.24) is 9.97 Å². The Kier molecular flexibility index (Phi) is 3.10. The normalized spacial score (nSPS) is 12.6. The van der Waals surface area contributed by atoms with Crippen molar-refractivity contribution in [2.75, 3.05) is 6.54 Å². The highest BCUT2D eigenvalue weighted by molar-refractivity contribution is 6.30. The number of H-pyrrole nitrogens is 1. The molecule has 3 N–H and O–H groups in total. The zero-order valence-electron chi connectivity index (χ0n) is 10.2. The van der Waals surface area contributed by atoms with Crippen molar-refractivity contribution >= 4 is 11.6 Å². The molecule has 1 aromatic heterocycles. The van der Waals surface area contributed by atoms with Gasteiger partial charge in [-0.05, 0) is 37.1 Å². The highest BCUT2D eigenvalue weighted by Crippen LogP contribution is 2.36. The number of aryl methyl sites for hydroxylation is 1. The number of nitrogens with one attached hydrogen (secondary N) is 1. The van der Waals surface area contributed by atoms with Crippen molar-refractivity contribution in [2.45, 2.75) is 25.7 Å². The Bertz CT molecular complexity index is 574. The van der Waals surface area contributed by atoms with Crippen LogP contribution in [0, 0.1) is 0 Å². The Hall–Kier alpha value is -1.32. The minimum absolute atomic E-state index is 0.752. The number of nitrogens with zero attached hydrogens (tertiary/aromatic N) is 1. The van der Waals surface area contributed by atoms with Crippen molar-refractivity contribution in [3.8, 4) is 11.3 Å². The maximum Gasteiger partial charge on any atom is 0.107 e. The van der Waals surface area contributed by atoms with Gasteiger partial charge in [-0.2, -0.15) is 0 Å². The number of unbranched alkanes of at least 4 members (excludes halogenated alkanes) is 1. The number of benzene rings is 1. The van der Waals surface area contributed by atoms with Crippen LogP contribution in [-0.4, -0.2) is 16.5 Å². The summed E-state index contributed by atoms with van der Waals surface area (Å²) in [6.07, 6.45) is 4.04. The van der Waals surface area contributed by atoms with Crippen LogP contribution in [0.2, 0.25) is 5.02 Å². The van der Waals surface area contributed by atoms with E-state index in [0.29, 0.717) is 0 Å². The molecule has 0 spiro atoms. The van der Waals surface area contributed by atoms with Crippen LogP contribution in [0.25, 0.3) is 11.3 Å². The summed E-state index contributed by atoms with van der Waals surface area (Å²) in [6.45, 7) is 0.752. The summed E-state index contributed by atoms with van der Waals surface area (Å²) in [5.74, 6) is 1.08. The zero-order valence-corrected chi connectivity index (χ0v) is 10.9. The average molecular weight is 262 g/mol. The standard InChI is InChI=1S/C14H16ClN3/c15-10-4-5-11-9(7-10)8-12-14(11)18-13(17-12)3-1-2-6-16/h4-5,7H,1-3,6,8,16H2,(H,17,18). The van der Waals surface area contributed by atoms with E-state index < -0.39 is 0 Å². The van der Waals surface area contributed by atoms with Gasteiger partial charge in [0.15, 0.2) is 0 Å². The molecule has 1 aliphatic carbocycles. The van der Waals surface area contributed by atoms with E-state index in [0.717, 1.165) is 48.8 Å². The van der Waals surface area contributed by atoms with E-state index >= 15 is 0 Å². The third-order valence-electron chi connectivity index (χ3n) is 3.39. The summed E-state index contributed by atoms with van der Waals surface area (Å²) in [6, 6.07) is 6.02. The molecule has 0 amide bonds. The van der Waals surface area contributed by atoms with E-state index in [9.17, 15) is 0 Å². The number of fused-ring (bicyclic) bond motifs is 3. The smallest absolute Gasteiger partial charge is 0.107 e. The van der Waals surface area contributed by atoms with Gasteiger partial charge in [-0.3, -0.25) is 0 Å². The van der Waals surface area contributed by atoms with Gasteiger partial charge in [-0.25, -0.2) is 4.98 Å². The predicted molar refractivity (Wildman–Crippen MR) is 73.8 cm³/mol. The van der Waals surface area contributed by atoms with Gasteiger partial charge in [0.1, 0.15) is 5.82 Å². The summed E-state index contributed by atoms with van der Waals surface area (Å²) in [5.41, 5.74) is 10.3. The third kappa shape index (κ3) is 2.04. The molecule has 2 aromatic rings. The Morgan fingerprint density at radius 3 is 3.06 bits per heavy atom. The van der Waals surface area contributed by atoms with Crippen LogP contribution in [0.4, 0.5) is 0 Å². The molecule has 3 nitrogen and oxygen atoms in total. The molecular formula is C14H16ClN3. The Labute approximate surface area is 111 Å². The monoisotopic (exact) mass is 261 g/mol. The van der Waals surface area contributed by atoms with Gasteiger partial charge in [-0.1, -0.05) is 17.7 Å². The van der Waals surface area contributed by atoms with E-state index in [2.05, 4.69) is 11.1 Å². The number of halogens is 1. The Morgan fingerprint density at radius 2 is 2.22 bits per heavy atom. The molecule has 18 heavy (non-hydrogen) atoms. The molecule has 1 aliphatic rings. The molecule has 3 rings (SSSR count). The SMILES string of the molecule is NCCCCc1nc2c([nH]1)Cc1cc(Cl)ccc1-2. The third-order valence-corrected chi connectivity index (χ3v) is 3.62. The second kappa shape index (κ2) is 4.75. The first-order chi connectivity index (χ1) is 8.78. The fraction of sp³-hybridized carbons (Fsp3) is 0.357. The first-order valence-electron chi connectivity index (χ1n) is 6.34. The number of rotatable bonds is 4. The molecule has 1 heterocycles. The van der Waals surface area contributed by atoms with Gasteiger partial charge in [-0.15, -0.1) is 0 Å². The molecule has 94 valence electrons. The second-order valence-electron chi connectivity index (χ2n) is 4.73. The minimum Gasteiger partial charge on any atom is -0.345 e. The quantitative estimate of drug-likeness (QED) is 0.710. The van der Waals surface area contributed by atoms with E-state index in [1.807, 2.05) is 12.1 Å². The lowest BCUT2D eigenvalue weighted by Crippen LogP contribution is -1.99. The van der Waals surface area contributed by atoms with Crippen LogP contribution >= 0.6 is 11.6 Å². The van der Waals surface area contributed by atoms with Gasteiger partial charge < -0.3 is 10.7 Å². The molecular weight excluding hydrogens is 246 g/mol. The Balaban J connectivity index is 1.84. The summed E-state index contributed by atoms with van der Waals surface area (Å²) in [4.78, 5) is 8.12. The molecule has 0 fully saturated rings. The number of aromatic nitrogens is 2. The summed E-state index contributed by atoms with van der Waals surface area (Å²) < 4.78 is 0. The topological polar surface area (TPSA) is 54.7 Å². The van der Waals surface area contributed by atoms with Crippen LogP contribution < -0.4 is 5.73 Å². The fourth-order valence-electron chi connectivity index (χ4n) is 2.50. The van der Waals surface area contributed by atoms with Gasteiger partial charge in [0, 0.05) is 29.1 Å². The minimum atomic E-state index is 0.752. The lowest BCUT2D eigenvalue weighted by Gasteiger charge is -2.00. The number of hydrogen-bond donors (Lipinski definition) is 2. The largest absolute Gasteiger partial charge is 0.345 e. The highest BCUT2D eigenvalue weighted by Gasteiger charge is 2.22. The van der Waals surface area contributed by atoms with Gasteiger partial charge in [0.05, 0.1) is 5.69 Å². The molecule has 0 bridgehead atoms. The summed E-state index contributed by atoms with van der Waals surface area (Å²) in [5, 5.41) is 0.794. The van der Waals surface area contributed by atoms with Gasteiger partial charge in [0.2, 0.25) is 0 Å². The van der Waals surface area contributed by atoms with Crippen LogP contribution in [0.1, 0.15) is 29.9 Å². The van der Waals surface area contributed by atoms with E-state index in [1.54, 1.807) is 0 Å². The number of nitrogens with two attached hydrogens (primary N) is 1. The lowest BCUT2D eigenvalue weighted by molar-refractivity contribution is 0.721. The molecule has 0 saturated carbocycles. The van der Waals surface area contributed by atoms with Crippen molar-refractivity contribution in [3.63, 3.8) is 0 Å². The molecule has 0 saturated heterocycles. The number of hydrogen-bond acceptors (Lipinski definition) is 2. The number of imidazole rings is 1. The highest BCUT2D eigenvalue weighted by atomic mass is 35.5. The van der Waals surface area contributed by atoms with Crippen LogP contribution in [0.5, 0.6) is 0 Å². The predicted octanol–water partition coefficient (Wildman–Crippen LogP) is 2.92. The lowest BCUT2D eigenvalue weighted by atomic mass is 10.1. The molecule has 0 unspecified atom stereocenters. The van der Waals surface area contributed by atoms with Gasteiger partial charge in [0.25, 0.3) is 0 Å². The number of aromatic amines is 1. The zero-order chi connectivity index (χ0) is 12.5.